The number of nitrogens with one attached hydrogen (secondary N) is 1. The van der Waals surface area contributed by atoms with Gasteiger partial charge in [0.05, 0.1) is 6.04 Å². The molecule has 0 aromatic rings. The number of hydrogen-bond donors (Lipinski definition) is 2. The molecule has 3 atom stereocenters. The molecule has 0 bridgehead atoms. The Labute approximate surface area is 118 Å². The molecule has 1 rings (SSSR count). The van der Waals surface area contributed by atoms with Crippen molar-refractivity contribution in [3.63, 3.8) is 0 Å². The summed E-state index contributed by atoms with van der Waals surface area (Å²) in [6.45, 7) is 6.98. The highest BCUT2D eigenvalue weighted by atomic mass is 16.2. The van der Waals surface area contributed by atoms with Crippen molar-refractivity contribution in [2.24, 2.45) is 17.6 Å². The van der Waals surface area contributed by atoms with Gasteiger partial charge in [0.25, 0.3) is 0 Å². The van der Waals surface area contributed by atoms with Gasteiger partial charge in [-0.25, -0.2) is 0 Å². The molecule has 19 heavy (non-hydrogen) atoms. The second-order valence-electron chi connectivity index (χ2n) is 6.81. The van der Waals surface area contributed by atoms with Crippen molar-refractivity contribution in [2.45, 2.75) is 58.0 Å². The first-order valence-electron chi connectivity index (χ1n) is 7.49. The summed E-state index contributed by atoms with van der Waals surface area (Å²) in [5, 5.41) is 3.07. The average Bonchev–Trinajstić information content (AvgIpc) is 2.34. The Balaban J connectivity index is 2.62. The Morgan fingerprint density at radius 3 is 2.58 bits per heavy atom. The predicted octanol–water partition coefficient (Wildman–Crippen LogP) is 1.60. The Hall–Kier alpha value is -0.610. The van der Waals surface area contributed by atoms with Gasteiger partial charge in [-0.3, -0.25) is 4.79 Å². The summed E-state index contributed by atoms with van der Waals surface area (Å²) in [7, 11) is 4.24. The lowest BCUT2D eigenvalue weighted by molar-refractivity contribution is -0.124. The quantitative estimate of drug-likeness (QED) is 0.797. The fourth-order valence-electron chi connectivity index (χ4n) is 3.03. The van der Waals surface area contributed by atoms with Crippen molar-refractivity contribution in [2.75, 3.05) is 20.6 Å². The topological polar surface area (TPSA) is 58.4 Å². The molecule has 3 N–H and O–H groups in total. The van der Waals surface area contributed by atoms with Crippen molar-refractivity contribution < 1.29 is 4.79 Å². The highest BCUT2D eigenvalue weighted by Gasteiger charge is 2.37. The number of nitrogens with two attached hydrogens (primary N) is 1. The van der Waals surface area contributed by atoms with E-state index in [1.165, 1.54) is 12.8 Å². The van der Waals surface area contributed by atoms with Crippen LogP contribution in [-0.4, -0.2) is 43.0 Å². The Bertz CT molecular complexity index is 304. The Kier molecular flexibility index (Phi) is 5.81. The summed E-state index contributed by atoms with van der Waals surface area (Å²) < 4.78 is 0. The number of carbonyl (C=O) groups is 1. The monoisotopic (exact) mass is 269 g/mol. The van der Waals surface area contributed by atoms with Crippen LogP contribution in [0.3, 0.4) is 0 Å². The summed E-state index contributed by atoms with van der Waals surface area (Å²) in [4.78, 5) is 14.3. The first kappa shape index (κ1) is 16.4. The van der Waals surface area contributed by atoms with Crippen molar-refractivity contribution in [3.8, 4) is 0 Å². The maximum atomic E-state index is 12.0. The molecular formula is C15H31N3O. The third kappa shape index (κ3) is 4.18. The van der Waals surface area contributed by atoms with Crippen LogP contribution < -0.4 is 11.1 Å². The van der Waals surface area contributed by atoms with Crippen LogP contribution in [0.25, 0.3) is 0 Å². The van der Waals surface area contributed by atoms with E-state index < -0.39 is 6.04 Å². The third-order valence-electron chi connectivity index (χ3n) is 4.63. The average molecular weight is 269 g/mol. The van der Waals surface area contributed by atoms with Crippen LogP contribution >= 0.6 is 0 Å². The molecule has 0 heterocycles. The first-order valence-corrected chi connectivity index (χ1v) is 7.49. The van der Waals surface area contributed by atoms with Crippen LogP contribution in [0.4, 0.5) is 0 Å². The van der Waals surface area contributed by atoms with Crippen LogP contribution in [0.5, 0.6) is 0 Å². The minimum absolute atomic E-state index is 0.0190. The van der Waals surface area contributed by atoms with Gasteiger partial charge in [0.1, 0.15) is 0 Å². The minimum Gasteiger partial charge on any atom is -0.353 e. The van der Waals surface area contributed by atoms with Gasteiger partial charge in [0, 0.05) is 12.1 Å². The summed E-state index contributed by atoms with van der Waals surface area (Å²) in [5.41, 5.74) is 6.00. The van der Waals surface area contributed by atoms with E-state index in [1.54, 1.807) is 0 Å². The van der Waals surface area contributed by atoms with E-state index in [4.69, 9.17) is 5.73 Å². The number of likely N-dealkylation sites (N-methyl/N-ethyl adjacent to an activating group) is 1. The van der Waals surface area contributed by atoms with E-state index in [0.717, 1.165) is 18.8 Å². The fraction of sp³-hybridized carbons (Fsp3) is 0.933. The van der Waals surface area contributed by atoms with Gasteiger partial charge in [0.2, 0.25) is 5.91 Å². The second-order valence-corrected chi connectivity index (χ2v) is 6.81. The highest BCUT2D eigenvalue weighted by molar-refractivity contribution is 5.81. The van der Waals surface area contributed by atoms with Crippen LogP contribution in [0.2, 0.25) is 0 Å². The molecule has 0 aromatic heterocycles. The van der Waals surface area contributed by atoms with E-state index in [1.807, 2.05) is 13.8 Å². The van der Waals surface area contributed by atoms with Crippen molar-refractivity contribution in [1.29, 1.82) is 0 Å². The van der Waals surface area contributed by atoms with E-state index in [-0.39, 0.29) is 17.4 Å². The van der Waals surface area contributed by atoms with Gasteiger partial charge in [0.15, 0.2) is 0 Å². The maximum Gasteiger partial charge on any atom is 0.237 e. The Morgan fingerprint density at radius 1 is 1.47 bits per heavy atom. The van der Waals surface area contributed by atoms with Gasteiger partial charge in [-0.1, -0.05) is 33.6 Å². The molecule has 1 aliphatic carbocycles. The molecule has 1 aliphatic rings. The van der Waals surface area contributed by atoms with Crippen LogP contribution in [-0.2, 0) is 4.79 Å². The van der Waals surface area contributed by atoms with Gasteiger partial charge < -0.3 is 16.0 Å². The summed E-state index contributed by atoms with van der Waals surface area (Å²) in [6.07, 6.45) is 4.85. The Morgan fingerprint density at radius 2 is 2.11 bits per heavy atom. The molecule has 112 valence electrons. The van der Waals surface area contributed by atoms with Gasteiger partial charge in [-0.2, -0.15) is 0 Å². The molecular weight excluding hydrogens is 238 g/mol. The molecule has 0 aliphatic heterocycles. The number of amides is 1. The molecule has 4 nitrogen and oxygen atoms in total. The predicted molar refractivity (Wildman–Crippen MR) is 79.9 cm³/mol. The SMILES string of the molecule is CC1CCCC(CNC(=O)[C@H](N)C(C)C)(N(C)C)C1. The van der Waals surface area contributed by atoms with Crippen molar-refractivity contribution in [1.82, 2.24) is 10.2 Å². The van der Waals surface area contributed by atoms with E-state index in [0.29, 0.717) is 6.54 Å². The zero-order valence-corrected chi connectivity index (χ0v) is 13.2. The molecule has 0 spiro atoms. The number of hydrogen-bond acceptors (Lipinski definition) is 3. The first-order chi connectivity index (χ1) is 8.78. The minimum atomic E-state index is -0.403. The van der Waals surface area contributed by atoms with Crippen molar-refractivity contribution in [3.05, 3.63) is 0 Å². The summed E-state index contributed by atoms with van der Waals surface area (Å²) in [5.74, 6) is 0.891. The smallest absolute Gasteiger partial charge is 0.237 e. The molecule has 0 aromatic carbocycles. The maximum absolute atomic E-state index is 12.0. The molecule has 2 unspecified atom stereocenters. The van der Waals surface area contributed by atoms with E-state index in [2.05, 4.69) is 31.2 Å². The number of rotatable bonds is 5. The number of nitrogens with zero attached hydrogens (tertiary/aromatic N) is 1. The molecule has 0 saturated heterocycles. The summed E-state index contributed by atoms with van der Waals surface area (Å²) in [6, 6.07) is -0.403. The fourth-order valence-corrected chi connectivity index (χ4v) is 3.03. The van der Waals surface area contributed by atoms with E-state index >= 15 is 0 Å². The van der Waals surface area contributed by atoms with Crippen LogP contribution in [0.1, 0.15) is 46.5 Å². The lowest BCUT2D eigenvalue weighted by atomic mass is 9.75. The summed E-state index contributed by atoms with van der Waals surface area (Å²) >= 11 is 0. The van der Waals surface area contributed by atoms with Gasteiger partial charge in [-0.15, -0.1) is 0 Å². The molecule has 0 radical (unpaired) electrons. The largest absolute Gasteiger partial charge is 0.353 e. The standard InChI is InChI=1S/C15H31N3O/c1-11(2)13(16)14(19)17-10-15(18(4)5)8-6-7-12(3)9-15/h11-13H,6-10,16H2,1-5H3,(H,17,19)/t12?,13-,15?/m1/s1. The molecule has 1 amide bonds. The highest BCUT2D eigenvalue weighted by Crippen LogP contribution is 2.35. The zero-order chi connectivity index (χ0) is 14.6. The van der Waals surface area contributed by atoms with Crippen molar-refractivity contribution >= 4 is 5.91 Å². The zero-order valence-electron chi connectivity index (χ0n) is 13.2. The lowest BCUT2D eigenvalue weighted by Crippen LogP contribution is -2.57. The van der Waals surface area contributed by atoms with E-state index in [9.17, 15) is 4.79 Å². The third-order valence-corrected chi connectivity index (χ3v) is 4.63. The van der Waals surface area contributed by atoms with Gasteiger partial charge in [-0.05, 0) is 38.8 Å². The molecule has 4 heteroatoms. The normalized spacial score (nSPS) is 29.6. The molecule has 1 fully saturated rings. The molecule has 1 saturated carbocycles. The van der Waals surface area contributed by atoms with Gasteiger partial charge >= 0.3 is 0 Å². The second kappa shape index (κ2) is 6.71. The number of carbonyl (C=O) groups excluding carboxylic acids is 1. The van der Waals surface area contributed by atoms with Crippen LogP contribution in [0, 0.1) is 11.8 Å². The lowest BCUT2D eigenvalue weighted by Gasteiger charge is -2.45. The van der Waals surface area contributed by atoms with Crippen LogP contribution in [0.15, 0.2) is 0 Å².